The number of amides is 2. The van der Waals surface area contributed by atoms with Gasteiger partial charge >= 0.3 is 0 Å². The van der Waals surface area contributed by atoms with E-state index in [0.29, 0.717) is 54.9 Å². The lowest BCUT2D eigenvalue weighted by molar-refractivity contribution is -0.152. The SMILES string of the molecule is CCNC[C@@](O)(C(=O)N1CCN(c2ncnc3c2C(C)C(=O)N3)CC1)c1ccc(Cl)cc1. The van der Waals surface area contributed by atoms with Gasteiger partial charge in [0.2, 0.25) is 5.91 Å². The molecule has 2 atom stereocenters. The molecule has 2 aliphatic rings. The van der Waals surface area contributed by atoms with Gasteiger partial charge in [0.1, 0.15) is 18.0 Å². The predicted octanol–water partition coefficient (Wildman–Crippen LogP) is 1.33. The largest absolute Gasteiger partial charge is 0.374 e. The number of hydrogen-bond donors (Lipinski definition) is 3. The molecule has 1 aromatic carbocycles. The number of rotatable bonds is 6. The predicted molar refractivity (Wildman–Crippen MR) is 122 cm³/mol. The lowest BCUT2D eigenvalue weighted by atomic mass is 9.91. The van der Waals surface area contributed by atoms with E-state index in [1.54, 1.807) is 29.2 Å². The first-order chi connectivity index (χ1) is 15.3. The summed E-state index contributed by atoms with van der Waals surface area (Å²) in [4.78, 5) is 37.8. The van der Waals surface area contributed by atoms with E-state index in [-0.39, 0.29) is 24.3 Å². The van der Waals surface area contributed by atoms with Crippen LogP contribution in [0.25, 0.3) is 0 Å². The number of benzene rings is 1. The second kappa shape index (κ2) is 9.01. The van der Waals surface area contributed by atoms with Gasteiger partial charge in [-0.25, -0.2) is 9.97 Å². The molecule has 1 fully saturated rings. The monoisotopic (exact) mass is 458 g/mol. The molecule has 0 bridgehead atoms. The summed E-state index contributed by atoms with van der Waals surface area (Å²) in [6.45, 7) is 6.41. The molecule has 3 heterocycles. The summed E-state index contributed by atoms with van der Waals surface area (Å²) in [6, 6.07) is 6.71. The number of aliphatic hydroxyl groups is 1. The van der Waals surface area contributed by atoms with Crippen molar-refractivity contribution in [3.8, 4) is 0 Å². The van der Waals surface area contributed by atoms with Gasteiger partial charge in [-0.1, -0.05) is 30.7 Å². The Balaban J connectivity index is 1.51. The van der Waals surface area contributed by atoms with Crippen molar-refractivity contribution in [2.45, 2.75) is 25.4 Å². The molecule has 32 heavy (non-hydrogen) atoms. The van der Waals surface area contributed by atoms with Crippen LogP contribution in [0.15, 0.2) is 30.6 Å². The Morgan fingerprint density at radius 1 is 1.25 bits per heavy atom. The number of piperazine rings is 1. The molecule has 1 saturated heterocycles. The summed E-state index contributed by atoms with van der Waals surface area (Å²) in [7, 11) is 0. The number of nitrogens with one attached hydrogen (secondary N) is 2. The molecule has 10 heteroatoms. The Bertz CT molecular complexity index is 1010. The molecule has 1 aromatic heterocycles. The molecule has 4 rings (SSSR count). The van der Waals surface area contributed by atoms with Gasteiger partial charge < -0.3 is 25.5 Å². The average molecular weight is 459 g/mol. The molecule has 2 aromatic rings. The highest BCUT2D eigenvalue weighted by Crippen LogP contribution is 2.37. The third-order valence-corrected chi connectivity index (χ3v) is 6.36. The topological polar surface area (TPSA) is 111 Å². The fraction of sp³-hybridized carbons (Fsp3) is 0.455. The van der Waals surface area contributed by atoms with E-state index in [2.05, 4.69) is 25.5 Å². The lowest BCUT2D eigenvalue weighted by Gasteiger charge is -2.40. The van der Waals surface area contributed by atoms with Crippen LogP contribution in [-0.2, 0) is 15.2 Å². The Labute approximate surface area is 191 Å². The third kappa shape index (κ3) is 4.03. The van der Waals surface area contributed by atoms with Gasteiger partial charge in [-0.3, -0.25) is 9.59 Å². The normalized spacial score (nSPS) is 20.0. The quantitative estimate of drug-likeness (QED) is 0.598. The van der Waals surface area contributed by atoms with Crippen molar-refractivity contribution < 1.29 is 14.7 Å². The maximum atomic E-state index is 13.4. The van der Waals surface area contributed by atoms with Crippen LogP contribution in [0.5, 0.6) is 0 Å². The Morgan fingerprint density at radius 2 is 1.94 bits per heavy atom. The highest BCUT2D eigenvalue weighted by Gasteiger charge is 2.42. The van der Waals surface area contributed by atoms with Gasteiger partial charge in [-0.05, 0) is 31.2 Å². The summed E-state index contributed by atoms with van der Waals surface area (Å²) >= 11 is 5.99. The molecule has 1 unspecified atom stereocenters. The highest BCUT2D eigenvalue weighted by molar-refractivity contribution is 6.30. The van der Waals surface area contributed by atoms with Gasteiger partial charge in [0.05, 0.1) is 5.92 Å². The van der Waals surface area contributed by atoms with Crippen LogP contribution in [0.1, 0.15) is 30.9 Å². The Morgan fingerprint density at radius 3 is 2.59 bits per heavy atom. The number of aromatic nitrogens is 2. The zero-order chi connectivity index (χ0) is 22.9. The van der Waals surface area contributed by atoms with Crippen LogP contribution in [0.3, 0.4) is 0 Å². The van der Waals surface area contributed by atoms with E-state index in [0.717, 1.165) is 5.56 Å². The van der Waals surface area contributed by atoms with Crippen molar-refractivity contribution in [3.63, 3.8) is 0 Å². The van der Waals surface area contributed by atoms with E-state index < -0.39 is 5.60 Å². The molecule has 3 N–H and O–H groups in total. The minimum Gasteiger partial charge on any atom is -0.374 e. The van der Waals surface area contributed by atoms with Crippen LogP contribution in [0.4, 0.5) is 11.6 Å². The first kappa shape index (κ1) is 22.4. The summed E-state index contributed by atoms with van der Waals surface area (Å²) in [6.07, 6.45) is 1.44. The molecule has 0 aliphatic carbocycles. The zero-order valence-electron chi connectivity index (χ0n) is 18.1. The number of nitrogens with zero attached hydrogens (tertiary/aromatic N) is 4. The summed E-state index contributed by atoms with van der Waals surface area (Å²) < 4.78 is 0. The molecular formula is C22H27ClN6O3. The smallest absolute Gasteiger partial charge is 0.260 e. The standard InChI is InChI=1S/C22H27ClN6O3/c1-3-24-12-22(32,15-4-6-16(23)7-5-15)21(31)29-10-8-28(9-11-29)19-17-14(2)20(30)27-18(17)25-13-26-19/h4-7,13-14,24,32H,3,8-12H2,1-2H3,(H,25,26,27,30)/t14?,22-/m0/s1. The molecule has 2 aliphatic heterocycles. The minimum atomic E-state index is -1.69. The van der Waals surface area contributed by atoms with E-state index in [1.165, 1.54) is 6.33 Å². The summed E-state index contributed by atoms with van der Waals surface area (Å²) in [5.74, 6) is 0.504. The first-order valence-electron chi connectivity index (χ1n) is 10.7. The van der Waals surface area contributed by atoms with E-state index in [4.69, 9.17) is 11.6 Å². The van der Waals surface area contributed by atoms with Crippen LogP contribution >= 0.6 is 11.6 Å². The zero-order valence-corrected chi connectivity index (χ0v) is 18.9. The van der Waals surface area contributed by atoms with Crippen LogP contribution in [-0.4, -0.2) is 71.1 Å². The van der Waals surface area contributed by atoms with Crippen molar-refractivity contribution in [3.05, 3.63) is 46.7 Å². The second-order valence-corrected chi connectivity index (χ2v) is 8.53. The van der Waals surface area contributed by atoms with Gasteiger partial charge in [0, 0.05) is 43.3 Å². The highest BCUT2D eigenvalue weighted by atomic mass is 35.5. The number of halogens is 1. The maximum absolute atomic E-state index is 13.4. The minimum absolute atomic E-state index is 0.0907. The molecule has 0 spiro atoms. The molecule has 0 radical (unpaired) electrons. The van der Waals surface area contributed by atoms with Gasteiger partial charge in [0.25, 0.3) is 5.91 Å². The number of fused-ring (bicyclic) bond motifs is 1. The second-order valence-electron chi connectivity index (χ2n) is 8.10. The fourth-order valence-corrected chi connectivity index (χ4v) is 4.33. The summed E-state index contributed by atoms with van der Waals surface area (Å²) in [5.41, 5.74) is -0.395. The van der Waals surface area contributed by atoms with Crippen molar-refractivity contribution in [1.82, 2.24) is 20.2 Å². The summed E-state index contributed by atoms with van der Waals surface area (Å²) in [5, 5.41) is 17.8. The van der Waals surface area contributed by atoms with E-state index >= 15 is 0 Å². The molecule has 0 saturated carbocycles. The average Bonchev–Trinajstić information content (AvgIpc) is 3.11. The molecular weight excluding hydrogens is 432 g/mol. The lowest BCUT2D eigenvalue weighted by Crippen LogP contribution is -2.57. The number of likely N-dealkylation sites (N-methyl/N-ethyl adjacent to an activating group) is 1. The van der Waals surface area contributed by atoms with Gasteiger partial charge in [-0.2, -0.15) is 0 Å². The third-order valence-electron chi connectivity index (χ3n) is 6.10. The number of carbonyl (C=O) groups excluding carboxylic acids is 2. The Hall–Kier alpha value is -2.75. The fourth-order valence-electron chi connectivity index (χ4n) is 4.21. The van der Waals surface area contributed by atoms with Crippen molar-refractivity contribution in [1.29, 1.82) is 0 Å². The number of hydrogen-bond acceptors (Lipinski definition) is 7. The van der Waals surface area contributed by atoms with Crippen LogP contribution < -0.4 is 15.5 Å². The molecule has 2 amide bonds. The molecule has 170 valence electrons. The van der Waals surface area contributed by atoms with Crippen molar-refractivity contribution in [2.75, 3.05) is 49.5 Å². The van der Waals surface area contributed by atoms with Crippen molar-refractivity contribution >= 4 is 35.1 Å². The Kier molecular flexibility index (Phi) is 6.32. The van der Waals surface area contributed by atoms with E-state index in [9.17, 15) is 14.7 Å². The first-order valence-corrected chi connectivity index (χ1v) is 11.1. The van der Waals surface area contributed by atoms with E-state index in [1.807, 2.05) is 13.8 Å². The molecule has 9 nitrogen and oxygen atoms in total. The maximum Gasteiger partial charge on any atom is 0.260 e. The van der Waals surface area contributed by atoms with Crippen molar-refractivity contribution in [2.24, 2.45) is 0 Å². The van der Waals surface area contributed by atoms with Crippen LogP contribution in [0.2, 0.25) is 5.02 Å². The van der Waals surface area contributed by atoms with Gasteiger partial charge in [0.15, 0.2) is 5.60 Å². The number of anilines is 2. The van der Waals surface area contributed by atoms with Crippen LogP contribution in [0, 0.1) is 0 Å². The number of carbonyl (C=O) groups is 2. The van der Waals surface area contributed by atoms with Gasteiger partial charge in [-0.15, -0.1) is 0 Å².